The van der Waals surface area contributed by atoms with Crippen molar-refractivity contribution < 1.29 is 0 Å². The first-order valence-corrected chi connectivity index (χ1v) is 4.75. The molecule has 0 aliphatic heterocycles. The molecule has 1 heterocycles. The van der Waals surface area contributed by atoms with Gasteiger partial charge in [-0.05, 0) is 20.2 Å². The molecule has 0 amide bonds. The minimum atomic E-state index is 0.878. The Labute approximate surface area is 84.5 Å². The van der Waals surface area contributed by atoms with E-state index in [1.807, 2.05) is 0 Å². The summed E-state index contributed by atoms with van der Waals surface area (Å²) < 4.78 is 0. The van der Waals surface area contributed by atoms with Gasteiger partial charge in [-0.25, -0.2) is 0 Å². The van der Waals surface area contributed by atoms with E-state index in [0.717, 1.165) is 17.8 Å². The van der Waals surface area contributed by atoms with Gasteiger partial charge in [0.05, 0.1) is 11.2 Å². The Kier molecular flexibility index (Phi) is 2.29. The van der Waals surface area contributed by atoms with Crippen LogP contribution in [0, 0.1) is 0 Å². The second kappa shape index (κ2) is 3.46. The van der Waals surface area contributed by atoms with Crippen molar-refractivity contribution in [3.63, 3.8) is 0 Å². The third kappa shape index (κ3) is 1.66. The van der Waals surface area contributed by atoms with Crippen LogP contribution in [0.4, 0.5) is 0 Å². The maximum Gasteiger partial charge on any atom is 0.139 e. The van der Waals surface area contributed by atoms with Gasteiger partial charge in [0, 0.05) is 11.9 Å². The van der Waals surface area contributed by atoms with Crippen molar-refractivity contribution in [1.82, 2.24) is 15.1 Å². The standard InChI is InChI=1S/C10H14BN3/c1-14(2)6-10-8-4-3-7(11)5-9(8)12-13-10/h3-5H,6,11H2,1-2H3,(H,12,13). The molecule has 1 N–H and O–H groups in total. The summed E-state index contributed by atoms with van der Waals surface area (Å²) in [6.07, 6.45) is 0. The number of hydrogen-bond donors (Lipinski definition) is 1. The van der Waals surface area contributed by atoms with Crippen LogP contribution < -0.4 is 5.46 Å². The van der Waals surface area contributed by atoms with Gasteiger partial charge in [-0.3, -0.25) is 5.10 Å². The molecule has 3 nitrogen and oxygen atoms in total. The molecule has 2 rings (SSSR count). The first-order chi connectivity index (χ1) is 6.66. The summed E-state index contributed by atoms with van der Waals surface area (Å²) in [6.45, 7) is 0.878. The third-order valence-electron chi connectivity index (χ3n) is 2.26. The second-order valence-electron chi connectivity index (χ2n) is 3.96. The minimum Gasteiger partial charge on any atom is -0.303 e. The lowest BCUT2D eigenvalue weighted by Crippen LogP contribution is -2.11. The highest BCUT2D eigenvalue weighted by molar-refractivity contribution is 6.33. The Bertz CT molecular complexity index is 448. The van der Waals surface area contributed by atoms with E-state index in [0.29, 0.717) is 0 Å². The van der Waals surface area contributed by atoms with Crippen LogP contribution in [0.2, 0.25) is 0 Å². The van der Waals surface area contributed by atoms with E-state index in [9.17, 15) is 0 Å². The summed E-state index contributed by atoms with van der Waals surface area (Å²) in [7, 11) is 6.19. The topological polar surface area (TPSA) is 31.9 Å². The van der Waals surface area contributed by atoms with Crippen molar-refractivity contribution in [2.24, 2.45) is 0 Å². The third-order valence-corrected chi connectivity index (χ3v) is 2.26. The summed E-state index contributed by atoms with van der Waals surface area (Å²) in [5, 5.41) is 8.59. The summed E-state index contributed by atoms with van der Waals surface area (Å²) in [6, 6.07) is 6.38. The van der Waals surface area contributed by atoms with E-state index < -0.39 is 0 Å². The normalized spacial score (nSPS) is 11.4. The van der Waals surface area contributed by atoms with E-state index in [1.165, 1.54) is 10.8 Å². The van der Waals surface area contributed by atoms with E-state index in [-0.39, 0.29) is 0 Å². The van der Waals surface area contributed by atoms with Crippen molar-refractivity contribution in [3.05, 3.63) is 23.9 Å². The number of rotatable bonds is 2. The smallest absolute Gasteiger partial charge is 0.139 e. The maximum atomic E-state index is 4.31. The Hall–Kier alpha value is -1.29. The predicted molar refractivity (Wildman–Crippen MR) is 61.7 cm³/mol. The lowest BCUT2D eigenvalue weighted by Gasteiger charge is -2.06. The van der Waals surface area contributed by atoms with Crippen molar-refractivity contribution in [1.29, 1.82) is 0 Å². The van der Waals surface area contributed by atoms with Crippen LogP contribution >= 0.6 is 0 Å². The average Bonchev–Trinajstić information content (AvgIpc) is 2.47. The summed E-state index contributed by atoms with van der Waals surface area (Å²) in [4.78, 5) is 2.12. The molecule has 0 spiro atoms. The number of aromatic nitrogens is 2. The molecule has 72 valence electrons. The number of H-pyrrole nitrogens is 1. The van der Waals surface area contributed by atoms with Crippen molar-refractivity contribution >= 4 is 24.2 Å². The SMILES string of the molecule is Bc1ccc2c(CN(C)C)n[nH]c2c1. The van der Waals surface area contributed by atoms with E-state index in [2.05, 4.69) is 55.2 Å². The Morgan fingerprint density at radius 3 is 2.93 bits per heavy atom. The average molecular weight is 187 g/mol. The van der Waals surface area contributed by atoms with Crippen LogP contribution in [0.5, 0.6) is 0 Å². The van der Waals surface area contributed by atoms with Gasteiger partial charge >= 0.3 is 0 Å². The summed E-state index contributed by atoms with van der Waals surface area (Å²) >= 11 is 0. The van der Waals surface area contributed by atoms with Crippen molar-refractivity contribution in [2.45, 2.75) is 6.54 Å². The highest BCUT2D eigenvalue weighted by atomic mass is 15.2. The quantitative estimate of drug-likeness (QED) is 0.665. The fourth-order valence-electron chi connectivity index (χ4n) is 1.61. The zero-order valence-corrected chi connectivity index (χ0v) is 8.83. The van der Waals surface area contributed by atoms with Crippen LogP contribution in [0.15, 0.2) is 18.2 Å². The van der Waals surface area contributed by atoms with Gasteiger partial charge in [0.2, 0.25) is 0 Å². The zero-order chi connectivity index (χ0) is 10.1. The zero-order valence-electron chi connectivity index (χ0n) is 8.83. The molecule has 0 atom stereocenters. The largest absolute Gasteiger partial charge is 0.303 e. The molecule has 0 saturated carbocycles. The molecule has 0 unspecified atom stereocenters. The molecule has 1 aromatic carbocycles. The van der Waals surface area contributed by atoms with Gasteiger partial charge < -0.3 is 4.90 Å². The number of nitrogens with one attached hydrogen (secondary N) is 1. The summed E-state index contributed by atoms with van der Waals surface area (Å²) in [5.41, 5.74) is 3.50. The van der Waals surface area contributed by atoms with E-state index in [4.69, 9.17) is 0 Å². The lowest BCUT2D eigenvalue weighted by atomic mass is 9.95. The second-order valence-corrected chi connectivity index (χ2v) is 3.96. The van der Waals surface area contributed by atoms with Gasteiger partial charge in [0.25, 0.3) is 0 Å². The molecule has 1 aromatic heterocycles. The number of nitrogens with zero attached hydrogens (tertiary/aromatic N) is 2. The van der Waals surface area contributed by atoms with E-state index >= 15 is 0 Å². The molecule has 0 radical (unpaired) electrons. The van der Waals surface area contributed by atoms with Gasteiger partial charge in [0.15, 0.2) is 0 Å². The lowest BCUT2D eigenvalue weighted by molar-refractivity contribution is 0.398. The molecule has 0 fully saturated rings. The van der Waals surface area contributed by atoms with Crippen LogP contribution in [-0.4, -0.2) is 37.0 Å². The molecule has 0 bridgehead atoms. The van der Waals surface area contributed by atoms with Crippen LogP contribution in [-0.2, 0) is 6.54 Å². The van der Waals surface area contributed by atoms with Gasteiger partial charge in [-0.15, -0.1) is 0 Å². The predicted octanol–water partition coefficient (Wildman–Crippen LogP) is -0.117. The minimum absolute atomic E-state index is 0.878. The van der Waals surface area contributed by atoms with Crippen LogP contribution in [0.1, 0.15) is 5.69 Å². The number of benzene rings is 1. The van der Waals surface area contributed by atoms with Crippen molar-refractivity contribution in [3.8, 4) is 0 Å². The molecule has 14 heavy (non-hydrogen) atoms. The highest BCUT2D eigenvalue weighted by Crippen LogP contribution is 2.14. The first kappa shape index (κ1) is 9.28. The van der Waals surface area contributed by atoms with Gasteiger partial charge in [0.1, 0.15) is 7.85 Å². The Morgan fingerprint density at radius 2 is 2.21 bits per heavy atom. The number of fused-ring (bicyclic) bond motifs is 1. The van der Waals surface area contributed by atoms with Crippen molar-refractivity contribution in [2.75, 3.05) is 14.1 Å². The molecular formula is C10H14BN3. The number of aromatic amines is 1. The molecule has 2 aromatic rings. The highest BCUT2D eigenvalue weighted by Gasteiger charge is 2.05. The Morgan fingerprint density at radius 1 is 1.43 bits per heavy atom. The molecular weight excluding hydrogens is 173 g/mol. The Balaban J connectivity index is 2.47. The van der Waals surface area contributed by atoms with Gasteiger partial charge in [-0.2, -0.15) is 5.10 Å². The fraction of sp³-hybridized carbons (Fsp3) is 0.300. The molecule has 0 aliphatic carbocycles. The van der Waals surface area contributed by atoms with Crippen LogP contribution in [0.25, 0.3) is 10.9 Å². The van der Waals surface area contributed by atoms with Gasteiger partial charge in [-0.1, -0.05) is 17.6 Å². The molecule has 0 aliphatic rings. The van der Waals surface area contributed by atoms with E-state index in [1.54, 1.807) is 0 Å². The van der Waals surface area contributed by atoms with Crippen LogP contribution in [0.3, 0.4) is 0 Å². The monoisotopic (exact) mass is 187 g/mol. The number of hydrogen-bond acceptors (Lipinski definition) is 2. The molecule has 0 saturated heterocycles. The summed E-state index contributed by atoms with van der Waals surface area (Å²) in [5.74, 6) is 0. The molecule has 4 heteroatoms. The maximum absolute atomic E-state index is 4.31. The fourth-order valence-corrected chi connectivity index (χ4v) is 1.61. The first-order valence-electron chi connectivity index (χ1n) is 4.75.